The van der Waals surface area contributed by atoms with Crippen molar-refractivity contribution in [2.24, 2.45) is 0 Å². The first-order valence-corrected chi connectivity index (χ1v) is 27.3. The van der Waals surface area contributed by atoms with E-state index in [0.29, 0.717) is 0 Å². The van der Waals surface area contributed by atoms with Gasteiger partial charge in [0, 0.05) is 47.0 Å². The highest BCUT2D eigenvalue weighted by molar-refractivity contribution is 5.98. The summed E-state index contributed by atoms with van der Waals surface area (Å²) in [6, 6.07) is 97.1. The zero-order valence-electron chi connectivity index (χ0n) is 43.0. The smallest absolute Gasteiger partial charge is 0.0714 e. The van der Waals surface area contributed by atoms with Crippen molar-refractivity contribution < 1.29 is 0 Å². The molecule has 2 nitrogen and oxygen atoms in total. The molecule has 15 rings (SSSR count). The second kappa shape index (κ2) is 17.3. The molecule has 11 aromatic rings. The van der Waals surface area contributed by atoms with Crippen LogP contribution in [0.1, 0.15) is 80.6 Å². The molecule has 0 atom stereocenters. The molecule has 0 aromatic heterocycles. The minimum absolute atomic E-state index is 0.628. The highest BCUT2D eigenvalue weighted by atomic mass is 15.1. The number of benzene rings is 11. The van der Waals surface area contributed by atoms with E-state index in [2.05, 4.69) is 278 Å². The van der Waals surface area contributed by atoms with E-state index >= 15 is 0 Å². The van der Waals surface area contributed by atoms with Gasteiger partial charge in [-0.3, -0.25) is 0 Å². The van der Waals surface area contributed by atoms with Crippen LogP contribution in [0.2, 0.25) is 0 Å². The Morgan fingerprint density at radius 1 is 0.289 bits per heavy atom. The summed E-state index contributed by atoms with van der Waals surface area (Å²) in [6.45, 7) is 6.25. The van der Waals surface area contributed by atoms with Crippen LogP contribution in [0.25, 0.3) is 44.5 Å². The summed E-state index contributed by atoms with van der Waals surface area (Å²) in [5, 5.41) is 0. The minimum atomic E-state index is -0.628. The summed E-state index contributed by atoms with van der Waals surface area (Å²) in [6.07, 6.45) is 1.93. The Morgan fingerprint density at radius 2 is 0.618 bits per heavy atom. The summed E-state index contributed by atoms with van der Waals surface area (Å²) in [4.78, 5) is 5.10. The SMILES string of the molecule is CCN(c1ccc2c(c1)C(c1ccccc1)(c1ccccc1)c1cc3c(cc1-2)C(c1ccccc1)(c1ccccc1)c1cc(N(CC)c2cccc4c2-c2ccccc2C4)ccc1-3)c1cccc2c1-c1ccccc1C2. The molecule has 0 radical (unpaired) electrons. The van der Waals surface area contributed by atoms with Crippen LogP contribution in [0.5, 0.6) is 0 Å². The number of anilines is 4. The third-order valence-electron chi connectivity index (χ3n) is 17.6. The Balaban J connectivity index is 0.995. The molecule has 4 aliphatic rings. The zero-order chi connectivity index (χ0) is 50.5. The van der Waals surface area contributed by atoms with Crippen molar-refractivity contribution in [2.75, 3.05) is 22.9 Å². The number of nitrogens with zero attached hydrogens (tertiary/aromatic N) is 2. The van der Waals surface area contributed by atoms with Crippen molar-refractivity contribution in [3.05, 3.63) is 322 Å². The molecule has 0 fully saturated rings. The summed E-state index contributed by atoms with van der Waals surface area (Å²) in [5.41, 5.74) is 30.1. The zero-order valence-corrected chi connectivity index (χ0v) is 43.0. The summed E-state index contributed by atoms with van der Waals surface area (Å²) < 4.78 is 0. The largest absolute Gasteiger partial charge is 0.341 e. The first kappa shape index (κ1) is 44.5. The Kier molecular flexibility index (Phi) is 10.1. The first-order valence-electron chi connectivity index (χ1n) is 27.3. The maximum Gasteiger partial charge on any atom is 0.0714 e. The van der Waals surface area contributed by atoms with E-state index < -0.39 is 10.8 Å². The van der Waals surface area contributed by atoms with Gasteiger partial charge in [0.25, 0.3) is 0 Å². The van der Waals surface area contributed by atoms with Crippen molar-refractivity contribution in [3.8, 4) is 44.5 Å². The molecule has 11 aromatic carbocycles. The molecular weight excluding hydrogens is 917 g/mol. The molecule has 0 bridgehead atoms. The molecule has 4 aliphatic carbocycles. The fourth-order valence-corrected chi connectivity index (χ4v) is 14.5. The Labute approximate surface area is 446 Å². The maximum atomic E-state index is 2.62. The van der Waals surface area contributed by atoms with Crippen molar-refractivity contribution in [1.29, 1.82) is 0 Å². The number of rotatable bonds is 10. The Hall–Kier alpha value is -8.98. The molecule has 0 N–H and O–H groups in total. The van der Waals surface area contributed by atoms with E-state index in [4.69, 9.17) is 0 Å². The van der Waals surface area contributed by atoms with Gasteiger partial charge < -0.3 is 9.80 Å². The van der Waals surface area contributed by atoms with Gasteiger partial charge in [-0.15, -0.1) is 0 Å². The lowest BCUT2D eigenvalue weighted by Gasteiger charge is -2.36. The van der Waals surface area contributed by atoms with E-state index in [1.807, 2.05) is 0 Å². The van der Waals surface area contributed by atoms with Crippen LogP contribution in [-0.4, -0.2) is 13.1 Å². The highest BCUT2D eigenvalue weighted by Gasteiger charge is 2.52. The van der Waals surface area contributed by atoms with Crippen LogP contribution in [0.15, 0.2) is 255 Å². The van der Waals surface area contributed by atoms with Crippen LogP contribution in [0, 0.1) is 0 Å². The molecule has 0 unspecified atom stereocenters. The van der Waals surface area contributed by atoms with E-state index in [9.17, 15) is 0 Å². The Bertz CT molecular complexity index is 3730. The van der Waals surface area contributed by atoms with Gasteiger partial charge in [-0.25, -0.2) is 0 Å². The van der Waals surface area contributed by atoms with Gasteiger partial charge in [0.2, 0.25) is 0 Å². The average molecular weight is 973 g/mol. The van der Waals surface area contributed by atoms with Crippen molar-refractivity contribution in [2.45, 2.75) is 37.5 Å². The topological polar surface area (TPSA) is 6.48 Å². The monoisotopic (exact) mass is 972 g/mol. The summed E-state index contributed by atoms with van der Waals surface area (Å²) >= 11 is 0. The van der Waals surface area contributed by atoms with Crippen LogP contribution in [0.4, 0.5) is 22.7 Å². The molecule has 0 aliphatic heterocycles. The number of hydrogen-bond donors (Lipinski definition) is 0. The van der Waals surface area contributed by atoms with Gasteiger partial charge in [-0.05, 0) is 175 Å². The standard InChI is InChI=1S/C74H56N2/c1-3-75(69-37-21-25-51-43-49-23-17-19-35-59(49)71(51)69)57-39-41-61-63-47-68-64(48-67(63)73(65(61)45-57,53-27-9-5-10-28-53)54-29-11-6-12-30-54)62-42-40-58(46-66(62)74(68,55-31-13-7-14-32-55)56-33-15-8-16-34-56)76(4-2)70-38-22-26-52-44-50-24-18-20-36-60(50)72(52)70/h5-42,45-48H,3-4,43-44H2,1-2H3. The van der Waals surface area contributed by atoms with Crippen LogP contribution in [-0.2, 0) is 23.7 Å². The van der Waals surface area contributed by atoms with Gasteiger partial charge in [0.15, 0.2) is 0 Å². The van der Waals surface area contributed by atoms with E-state index in [0.717, 1.165) is 25.9 Å². The van der Waals surface area contributed by atoms with E-state index in [1.165, 1.54) is 134 Å². The predicted molar refractivity (Wildman–Crippen MR) is 316 cm³/mol. The third kappa shape index (κ3) is 6.22. The summed E-state index contributed by atoms with van der Waals surface area (Å²) in [5.74, 6) is 0. The molecule has 2 heteroatoms. The lowest BCUT2D eigenvalue weighted by molar-refractivity contribution is 0.758. The van der Waals surface area contributed by atoms with Crippen molar-refractivity contribution in [3.63, 3.8) is 0 Å². The molecule has 0 spiro atoms. The maximum absolute atomic E-state index is 2.62. The molecule has 0 heterocycles. The third-order valence-corrected chi connectivity index (χ3v) is 17.6. The fourth-order valence-electron chi connectivity index (χ4n) is 14.5. The molecule has 0 saturated heterocycles. The molecular formula is C74H56N2. The average Bonchev–Trinajstić information content (AvgIpc) is 4.31. The Morgan fingerprint density at radius 3 is 0.987 bits per heavy atom. The minimum Gasteiger partial charge on any atom is -0.341 e. The van der Waals surface area contributed by atoms with Crippen molar-refractivity contribution >= 4 is 22.7 Å². The molecule has 0 saturated carbocycles. The van der Waals surface area contributed by atoms with Crippen LogP contribution < -0.4 is 9.80 Å². The molecule has 0 amide bonds. The van der Waals surface area contributed by atoms with E-state index in [1.54, 1.807) is 0 Å². The summed E-state index contributed by atoms with van der Waals surface area (Å²) in [7, 11) is 0. The van der Waals surface area contributed by atoms with E-state index in [-0.39, 0.29) is 0 Å². The van der Waals surface area contributed by atoms with Gasteiger partial charge >= 0.3 is 0 Å². The van der Waals surface area contributed by atoms with Gasteiger partial charge in [-0.1, -0.05) is 206 Å². The van der Waals surface area contributed by atoms with Crippen molar-refractivity contribution in [1.82, 2.24) is 0 Å². The second-order valence-corrected chi connectivity index (χ2v) is 21.1. The molecule has 76 heavy (non-hydrogen) atoms. The quantitative estimate of drug-likeness (QED) is 0.135. The van der Waals surface area contributed by atoms with Gasteiger partial charge in [0.1, 0.15) is 0 Å². The normalized spacial score (nSPS) is 14.1. The fraction of sp³-hybridized carbons (Fsp3) is 0.108. The predicted octanol–water partition coefficient (Wildman–Crippen LogP) is 17.9. The van der Waals surface area contributed by atoms with Crippen LogP contribution in [0.3, 0.4) is 0 Å². The van der Waals surface area contributed by atoms with Crippen LogP contribution >= 0.6 is 0 Å². The van der Waals surface area contributed by atoms with Gasteiger partial charge in [0.05, 0.1) is 10.8 Å². The van der Waals surface area contributed by atoms with Gasteiger partial charge in [-0.2, -0.15) is 0 Å². The second-order valence-electron chi connectivity index (χ2n) is 21.1. The first-order chi connectivity index (χ1) is 37.6. The molecule has 362 valence electrons. The highest BCUT2D eigenvalue weighted by Crippen LogP contribution is 2.64. The number of hydrogen-bond acceptors (Lipinski definition) is 2. The lowest BCUT2D eigenvalue weighted by atomic mass is 9.66. The lowest BCUT2D eigenvalue weighted by Crippen LogP contribution is -2.30. The number of fused-ring (bicyclic) bond motifs is 12.